The number of aliphatic imine (C=N–C) groups is 1. The van der Waals surface area contributed by atoms with Gasteiger partial charge in [0.05, 0.1) is 13.2 Å². The average Bonchev–Trinajstić information content (AvgIpc) is 2.89. The number of benzene rings is 1. The van der Waals surface area contributed by atoms with Gasteiger partial charge in [-0.3, -0.25) is 4.99 Å². The largest absolute Gasteiger partial charge is 0.394 e. The Morgan fingerprint density at radius 3 is 2.95 bits per heavy atom. The molecule has 1 aromatic heterocycles. The lowest BCUT2D eigenvalue weighted by atomic mass is 10.1. The molecule has 114 valence electrons. The molecule has 2 rings (SSSR count). The van der Waals surface area contributed by atoms with Crippen LogP contribution in [0.25, 0.3) is 10.9 Å². The van der Waals surface area contributed by atoms with Gasteiger partial charge in [0, 0.05) is 30.2 Å². The molecule has 0 unspecified atom stereocenters. The first kappa shape index (κ1) is 15.4. The van der Waals surface area contributed by atoms with E-state index in [9.17, 15) is 0 Å². The average molecular weight is 288 g/mol. The minimum absolute atomic E-state index is 0.0678. The molecule has 0 aliphatic rings. The third-order valence-electron chi connectivity index (χ3n) is 3.41. The highest BCUT2D eigenvalue weighted by Crippen LogP contribution is 2.21. The molecule has 0 radical (unpaired) electrons. The van der Waals surface area contributed by atoms with Crippen molar-refractivity contribution in [2.45, 2.75) is 20.3 Å². The predicted octanol–water partition coefficient (Wildman–Crippen LogP) is 1.57. The van der Waals surface area contributed by atoms with Gasteiger partial charge >= 0.3 is 0 Å². The molecular formula is C16H24N4O. The number of aliphatic hydroxyl groups is 1. The maximum Gasteiger partial charge on any atom is 0.191 e. The Labute approximate surface area is 125 Å². The maximum absolute atomic E-state index is 8.84. The number of aliphatic hydroxyl groups excluding tert-OH is 1. The van der Waals surface area contributed by atoms with Crippen molar-refractivity contribution < 1.29 is 5.11 Å². The summed E-state index contributed by atoms with van der Waals surface area (Å²) >= 11 is 0. The highest BCUT2D eigenvalue weighted by atomic mass is 16.3. The molecule has 0 bridgehead atoms. The number of aromatic amines is 1. The van der Waals surface area contributed by atoms with E-state index in [4.69, 9.17) is 5.11 Å². The number of guanidine groups is 1. The van der Waals surface area contributed by atoms with Crippen molar-refractivity contribution in [3.63, 3.8) is 0 Å². The highest BCUT2D eigenvalue weighted by Gasteiger charge is 2.05. The highest BCUT2D eigenvalue weighted by molar-refractivity contribution is 5.86. The van der Waals surface area contributed by atoms with Gasteiger partial charge < -0.3 is 20.7 Å². The molecule has 0 fully saturated rings. The van der Waals surface area contributed by atoms with Crippen molar-refractivity contribution >= 4 is 16.9 Å². The predicted molar refractivity (Wildman–Crippen MR) is 87.8 cm³/mol. The fourth-order valence-corrected chi connectivity index (χ4v) is 2.39. The van der Waals surface area contributed by atoms with Crippen molar-refractivity contribution in [2.75, 3.05) is 26.2 Å². The Morgan fingerprint density at radius 2 is 2.19 bits per heavy atom. The van der Waals surface area contributed by atoms with Crippen LogP contribution < -0.4 is 10.6 Å². The molecule has 1 heterocycles. The van der Waals surface area contributed by atoms with E-state index >= 15 is 0 Å². The van der Waals surface area contributed by atoms with Gasteiger partial charge in [0.2, 0.25) is 0 Å². The number of fused-ring (bicyclic) bond motifs is 1. The molecule has 0 saturated carbocycles. The number of aromatic nitrogens is 1. The standard InChI is InChI=1S/C16H24N4O/c1-3-17-16(19-9-10-21)18-8-7-13-11-20-15-12(2)5-4-6-14(13)15/h4-6,11,20-21H,3,7-10H2,1-2H3,(H2,17,18,19). The Kier molecular flexibility index (Phi) is 5.63. The van der Waals surface area contributed by atoms with Gasteiger partial charge in [-0.05, 0) is 31.4 Å². The lowest BCUT2D eigenvalue weighted by Gasteiger charge is -2.10. The van der Waals surface area contributed by atoms with Crippen molar-refractivity contribution in [1.29, 1.82) is 0 Å². The molecule has 0 aliphatic heterocycles. The summed E-state index contributed by atoms with van der Waals surface area (Å²) in [7, 11) is 0. The summed E-state index contributed by atoms with van der Waals surface area (Å²) < 4.78 is 0. The smallest absolute Gasteiger partial charge is 0.191 e. The molecule has 2 aromatic rings. The van der Waals surface area contributed by atoms with Gasteiger partial charge in [-0.2, -0.15) is 0 Å². The van der Waals surface area contributed by atoms with Crippen LogP contribution in [0.5, 0.6) is 0 Å². The zero-order valence-electron chi connectivity index (χ0n) is 12.7. The molecule has 0 spiro atoms. The molecular weight excluding hydrogens is 264 g/mol. The van der Waals surface area contributed by atoms with Gasteiger partial charge in [-0.25, -0.2) is 0 Å². The molecule has 0 amide bonds. The van der Waals surface area contributed by atoms with E-state index in [1.54, 1.807) is 0 Å². The van der Waals surface area contributed by atoms with Crippen LogP contribution in [0.1, 0.15) is 18.1 Å². The molecule has 0 saturated heterocycles. The Hall–Kier alpha value is -2.01. The summed E-state index contributed by atoms with van der Waals surface area (Å²) in [4.78, 5) is 7.61. The number of hydrogen-bond acceptors (Lipinski definition) is 2. The van der Waals surface area contributed by atoms with Crippen LogP contribution in [-0.2, 0) is 6.42 Å². The molecule has 21 heavy (non-hydrogen) atoms. The van der Waals surface area contributed by atoms with Gasteiger partial charge in [0.25, 0.3) is 0 Å². The van der Waals surface area contributed by atoms with E-state index in [2.05, 4.69) is 51.9 Å². The quantitative estimate of drug-likeness (QED) is 0.481. The summed E-state index contributed by atoms with van der Waals surface area (Å²) in [5.74, 6) is 0.752. The number of nitrogens with zero attached hydrogens (tertiary/aromatic N) is 1. The second-order valence-corrected chi connectivity index (χ2v) is 4.97. The van der Waals surface area contributed by atoms with E-state index in [0.717, 1.165) is 25.5 Å². The summed E-state index contributed by atoms with van der Waals surface area (Å²) in [5, 5.41) is 16.6. The second kappa shape index (κ2) is 7.69. The molecule has 4 N–H and O–H groups in total. The van der Waals surface area contributed by atoms with Crippen molar-refractivity contribution in [1.82, 2.24) is 15.6 Å². The molecule has 0 aliphatic carbocycles. The van der Waals surface area contributed by atoms with Crippen LogP contribution in [0.4, 0.5) is 0 Å². The number of hydrogen-bond donors (Lipinski definition) is 4. The molecule has 1 aromatic carbocycles. The summed E-state index contributed by atoms with van der Waals surface area (Å²) in [6.45, 7) is 6.24. The first-order chi connectivity index (χ1) is 10.3. The fraction of sp³-hybridized carbons (Fsp3) is 0.438. The van der Waals surface area contributed by atoms with Crippen LogP contribution in [0.2, 0.25) is 0 Å². The van der Waals surface area contributed by atoms with Crippen molar-refractivity contribution in [3.05, 3.63) is 35.5 Å². The van der Waals surface area contributed by atoms with Crippen LogP contribution >= 0.6 is 0 Å². The number of rotatable bonds is 6. The third-order valence-corrected chi connectivity index (χ3v) is 3.41. The fourth-order valence-electron chi connectivity index (χ4n) is 2.39. The first-order valence-electron chi connectivity index (χ1n) is 7.45. The lowest BCUT2D eigenvalue weighted by Crippen LogP contribution is -2.38. The summed E-state index contributed by atoms with van der Waals surface area (Å²) in [6, 6.07) is 6.36. The van der Waals surface area contributed by atoms with E-state index in [-0.39, 0.29) is 6.61 Å². The first-order valence-corrected chi connectivity index (χ1v) is 7.45. The van der Waals surface area contributed by atoms with E-state index in [1.807, 2.05) is 6.92 Å². The van der Waals surface area contributed by atoms with Gasteiger partial charge in [0.1, 0.15) is 0 Å². The third kappa shape index (κ3) is 3.98. The van der Waals surface area contributed by atoms with E-state index in [0.29, 0.717) is 6.54 Å². The summed E-state index contributed by atoms with van der Waals surface area (Å²) in [6.07, 6.45) is 3.00. The lowest BCUT2D eigenvalue weighted by molar-refractivity contribution is 0.306. The van der Waals surface area contributed by atoms with Crippen LogP contribution in [-0.4, -0.2) is 42.3 Å². The number of nitrogens with one attached hydrogen (secondary N) is 3. The van der Waals surface area contributed by atoms with Crippen molar-refractivity contribution in [3.8, 4) is 0 Å². The monoisotopic (exact) mass is 288 g/mol. The zero-order chi connectivity index (χ0) is 15.1. The Balaban J connectivity index is 1.97. The number of aryl methyl sites for hydroxylation is 1. The van der Waals surface area contributed by atoms with Crippen LogP contribution in [0.3, 0.4) is 0 Å². The van der Waals surface area contributed by atoms with E-state index in [1.165, 1.54) is 22.0 Å². The van der Waals surface area contributed by atoms with Crippen LogP contribution in [0, 0.1) is 6.92 Å². The maximum atomic E-state index is 8.84. The molecule has 5 heteroatoms. The normalized spacial score (nSPS) is 11.9. The SMILES string of the molecule is CCNC(=NCCO)NCCc1c[nH]c2c(C)cccc12. The minimum Gasteiger partial charge on any atom is -0.394 e. The van der Waals surface area contributed by atoms with Gasteiger partial charge in [-0.1, -0.05) is 18.2 Å². The topological polar surface area (TPSA) is 72.4 Å². The molecule has 0 atom stereocenters. The number of H-pyrrole nitrogens is 1. The van der Waals surface area contributed by atoms with Gasteiger partial charge in [0.15, 0.2) is 5.96 Å². The Morgan fingerprint density at radius 1 is 1.33 bits per heavy atom. The minimum atomic E-state index is 0.0678. The Bertz CT molecular complexity index is 603. The number of para-hydroxylation sites is 1. The summed E-state index contributed by atoms with van der Waals surface area (Å²) in [5.41, 5.74) is 3.79. The second-order valence-electron chi connectivity index (χ2n) is 4.97. The van der Waals surface area contributed by atoms with Crippen LogP contribution in [0.15, 0.2) is 29.4 Å². The van der Waals surface area contributed by atoms with E-state index < -0.39 is 0 Å². The molecule has 5 nitrogen and oxygen atoms in total. The zero-order valence-corrected chi connectivity index (χ0v) is 12.7. The van der Waals surface area contributed by atoms with Gasteiger partial charge in [-0.15, -0.1) is 0 Å². The van der Waals surface area contributed by atoms with Crippen molar-refractivity contribution in [2.24, 2.45) is 4.99 Å².